The van der Waals surface area contributed by atoms with Crippen molar-refractivity contribution in [2.45, 2.75) is 19.3 Å². The summed E-state index contributed by atoms with van der Waals surface area (Å²) < 4.78 is 0. The predicted molar refractivity (Wildman–Crippen MR) is 76.2 cm³/mol. The summed E-state index contributed by atoms with van der Waals surface area (Å²) in [5.74, 6) is -0.208. The molecule has 1 aliphatic carbocycles. The number of hydrogen-bond acceptors (Lipinski definition) is 4. The van der Waals surface area contributed by atoms with Crippen LogP contribution in [0.15, 0.2) is 18.3 Å². The summed E-state index contributed by atoms with van der Waals surface area (Å²) in [7, 11) is 0. The van der Waals surface area contributed by atoms with E-state index in [9.17, 15) is 4.79 Å². The lowest BCUT2D eigenvalue weighted by Crippen LogP contribution is -1.96. The standard InChI is InChI=1S/C14H11N3O2S/c18-14(19)8-4-9-12(15-6-8)17-13(16-9)11-5-7-2-1-3-10(7)20-11/h4-6H,1-3H2,(H,18,19)(H,15,16,17). The van der Waals surface area contributed by atoms with Crippen molar-refractivity contribution in [1.29, 1.82) is 0 Å². The Hall–Kier alpha value is -2.21. The van der Waals surface area contributed by atoms with Crippen molar-refractivity contribution in [2.75, 3.05) is 0 Å². The first kappa shape index (κ1) is 11.6. The molecule has 0 bridgehead atoms. The molecular weight excluding hydrogens is 274 g/mol. The number of aromatic amines is 1. The Balaban J connectivity index is 1.81. The first-order valence-corrected chi connectivity index (χ1v) is 7.23. The average Bonchev–Trinajstić information content (AvgIpc) is 3.10. The highest BCUT2D eigenvalue weighted by Gasteiger charge is 2.18. The Bertz CT molecular complexity index is 813. The topological polar surface area (TPSA) is 78.9 Å². The van der Waals surface area contributed by atoms with Gasteiger partial charge in [-0.15, -0.1) is 11.3 Å². The van der Waals surface area contributed by atoms with Gasteiger partial charge in [-0.1, -0.05) is 0 Å². The number of hydrogen-bond donors (Lipinski definition) is 2. The zero-order chi connectivity index (χ0) is 13.7. The van der Waals surface area contributed by atoms with Crippen molar-refractivity contribution >= 4 is 28.5 Å². The van der Waals surface area contributed by atoms with Crippen LogP contribution in [0.3, 0.4) is 0 Å². The molecule has 6 heteroatoms. The lowest BCUT2D eigenvalue weighted by atomic mass is 10.2. The summed E-state index contributed by atoms with van der Waals surface area (Å²) in [5.41, 5.74) is 2.80. The molecule has 0 saturated heterocycles. The van der Waals surface area contributed by atoms with Crippen molar-refractivity contribution in [1.82, 2.24) is 15.0 Å². The van der Waals surface area contributed by atoms with Gasteiger partial charge in [-0.2, -0.15) is 0 Å². The van der Waals surface area contributed by atoms with Crippen LogP contribution >= 0.6 is 11.3 Å². The predicted octanol–water partition coefficient (Wildman–Crippen LogP) is 2.87. The van der Waals surface area contributed by atoms with Crippen LogP contribution in [0.4, 0.5) is 0 Å². The first-order valence-electron chi connectivity index (χ1n) is 6.42. The van der Waals surface area contributed by atoms with Crippen LogP contribution in [0.25, 0.3) is 21.9 Å². The maximum Gasteiger partial charge on any atom is 0.337 e. The molecule has 0 aromatic carbocycles. The molecule has 3 aromatic heterocycles. The number of thiophene rings is 1. The summed E-state index contributed by atoms with van der Waals surface area (Å²) in [6, 6.07) is 3.76. The maximum absolute atomic E-state index is 10.9. The number of carboxylic acids is 1. The van der Waals surface area contributed by atoms with E-state index in [1.165, 1.54) is 23.1 Å². The quantitative estimate of drug-likeness (QED) is 0.758. The van der Waals surface area contributed by atoms with Gasteiger partial charge in [-0.25, -0.2) is 14.8 Å². The third kappa shape index (κ3) is 1.72. The van der Waals surface area contributed by atoms with Crippen LogP contribution in [0.2, 0.25) is 0 Å². The lowest BCUT2D eigenvalue weighted by Gasteiger charge is -1.91. The second-order valence-corrected chi connectivity index (χ2v) is 6.04. The SMILES string of the molecule is O=C(O)c1cnc2nc(-c3cc4c(s3)CCC4)[nH]c2c1. The summed E-state index contributed by atoms with van der Waals surface area (Å²) in [6.45, 7) is 0. The summed E-state index contributed by atoms with van der Waals surface area (Å²) in [5, 5.41) is 8.98. The molecule has 3 aromatic rings. The molecule has 20 heavy (non-hydrogen) atoms. The van der Waals surface area contributed by atoms with Crippen molar-refractivity contribution in [2.24, 2.45) is 0 Å². The normalized spacial score (nSPS) is 13.8. The zero-order valence-electron chi connectivity index (χ0n) is 10.5. The number of carbonyl (C=O) groups is 1. The molecule has 1 aliphatic rings. The highest BCUT2D eigenvalue weighted by atomic mass is 32.1. The fourth-order valence-electron chi connectivity index (χ4n) is 2.58. The Morgan fingerprint density at radius 2 is 2.25 bits per heavy atom. The van der Waals surface area contributed by atoms with Crippen molar-refractivity contribution in [3.8, 4) is 10.7 Å². The number of rotatable bonds is 2. The molecule has 0 fully saturated rings. The fraction of sp³-hybridized carbons (Fsp3) is 0.214. The van der Waals surface area contributed by atoms with Gasteiger partial charge >= 0.3 is 5.97 Å². The van der Waals surface area contributed by atoms with Gasteiger partial charge in [0.05, 0.1) is 16.0 Å². The number of nitrogens with one attached hydrogen (secondary N) is 1. The molecule has 2 N–H and O–H groups in total. The summed E-state index contributed by atoms with van der Waals surface area (Å²) in [6.07, 6.45) is 4.88. The average molecular weight is 285 g/mol. The lowest BCUT2D eigenvalue weighted by molar-refractivity contribution is 0.0696. The van der Waals surface area contributed by atoms with E-state index in [1.807, 2.05) is 0 Å². The van der Waals surface area contributed by atoms with E-state index >= 15 is 0 Å². The number of imidazole rings is 1. The molecular formula is C14H11N3O2S. The molecule has 100 valence electrons. The van der Waals surface area contributed by atoms with Gasteiger partial charge in [0, 0.05) is 11.1 Å². The molecule has 0 spiro atoms. The number of aromatic nitrogens is 3. The Labute approximate surface area is 118 Å². The molecule has 0 radical (unpaired) electrons. The number of carboxylic acid groups (broad SMARTS) is 1. The van der Waals surface area contributed by atoms with Crippen LogP contribution in [-0.2, 0) is 12.8 Å². The van der Waals surface area contributed by atoms with Crippen LogP contribution in [0, 0.1) is 0 Å². The Morgan fingerprint density at radius 1 is 1.35 bits per heavy atom. The highest BCUT2D eigenvalue weighted by molar-refractivity contribution is 7.15. The molecule has 0 unspecified atom stereocenters. The third-order valence-electron chi connectivity index (χ3n) is 3.56. The number of aryl methyl sites for hydroxylation is 2. The minimum absolute atomic E-state index is 0.168. The number of aromatic carboxylic acids is 1. The number of fused-ring (bicyclic) bond motifs is 2. The van der Waals surface area contributed by atoms with E-state index in [2.05, 4.69) is 21.0 Å². The van der Waals surface area contributed by atoms with Gasteiger partial charge < -0.3 is 10.1 Å². The number of H-pyrrole nitrogens is 1. The van der Waals surface area contributed by atoms with Gasteiger partial charge in [0.1, 0.15) is 0 Å². The number of pyridine rings is 1. The van der Waals surface area contributed by atoms with Crippen molar-refractivity contribution in [3.05, 3.63) is 34.3 Å². The second-order valence-electron chi connectivity index (χ2n) is 4.90. The minimum Gasteiger partial charge on any atom is -0.478 e. The van der Waals surface area contributed by atoms with Gasteiger partial charge in [0.2, 0.25) is 0 Å². The zero-order valence-corrected chi connectivity index (χ0v) is 11.3. The second kappa shape index (κ2) is 4.14. The van der Waals surface area contributed by atoms with E-state index in [4.69, 9.17) is 5.11 Å². The monoisotopic (exact) mass is 285 g/mol. The van der Waals surface area contributed by atoms with Gasteiger partial charge in [0.15, 0.2) is 11.5 Å². The largest absolute Gasteiger partial charge is 0.478 e. The molecule has 0 atom stereocenters. The Kier molecular flexibility index (Phi) is 2.40. The van der Waals surface area contributed by atoms with Crippen LogP contribution in [0.5, 0.6) is 0 Å². The molecule has 0 amide bonds. The molecule has 4 rings (SSSR count). The van der Waals surface area contributed by atoms with Crippen molar-refractivity contribution < 1.29 is 9.90 Å². The molecule has 0 aliphatic heterocycles. The van der Waals surface area contributed by atoms with Crippen LogP contribution < -0.4 is 0 Å². The van der Waals surface area contributed by atoms with Gasteiger partial charge in [-0.3, -0.25) is 0 Å². The Morgan fingerprint density at radius 3 is 3.05 bits per heavy atom. The molecule has 3 heterocycles. The summed E-state index contributed by atoms with van der Waals surface area (Å²) >= 11 is 1.76. The van der Waals surface area contributed by atoms with E-state index in [0.29, 0.717) is 11.2 Å². The maximum atomic E-state index is 10.9. The minimum atomic E-state index is -0.981. The van der Waals surface area contributed by atoms with Crippen LogP contribution in [0.1, 0.15) is 27.2 Å². The molecule has 5 nitrogen and oxygen atoms in total. The summed E-state index contributed by atoms with van der Waals surface area (Å²) in [4.78, 5) is 25.2. The van der Waals surface area contributed by atoms with Gasteiger partial charge in [0.25, 0.3) is 0 Å². The first-order chi connectivity index (χ1) is 9.70. The highest BCUT2D eigenvalue weighted by Crippen LogP contribution is 2.35. The third-order valence-corrected chi connectivity index (χ3v) is 4.81. The molecule has 0 saturated carbocycles. The van der Waals surface area contributed by atoms with E-state index < -0.39 is 5.97 Å². The smallest absolute Gasteiger partial charge is 0.337 e. The van der Waals surface area contributed by atoms with E-state index in [0.717, 1.165) is 23.5 Å². The van der Waals surface area contributed by atoms with Crippen molar-refractivity contribution in [3.63, 3.8) is 0 Å². The van der Waals surface area contributed by atoms with Gasteiger partial charge in [-0.05, 0) is 37.0 Å². The fourth-order valence-corrected chi connectivity index (χ4v) is 3.78. The number of nitrogens with zero attached hydrogens (tertiary/aromatic N) is 2. The van der Waals surface area contributed by atoms with E-state index in [1.54, 1.807) is 17.4 Å². The van der Waals surface area contributed by atoms with Crippen LogP contribution in [-0.4, -0.2) is 26.0 Å². The van der Waals surface area contributed by atoms with E-state index in [-0.39, 0.29) is 5.56 Å².